The number of benzene rings is 1. The lowest BCUT2D eigenvalue weighted by atomic mass is 10.1. The average molecular weight is 289 g/mol. The summed E-state index contributed by atoms with van der Waals surface area (Å²) in [6.45, 7) is 0. The molecule has 0 aliphatic carbocycles. The quantitative estimate of drug-likeness (QED) is 0.440. The predicted molar refractivity (Wildman–Crippen MR) is 88.6 cm³/mol. The minimum Gasteiger partial charge on any atom is -0.399 e. The summed E-state index contributed by atoms with van der Waals surface area (Å²) in [6, 6.07) is 18.8. The molecule has 2 aromatic heterocycles. The zero-order valence-electron chi connectivity index (χ0n) is 11.8. The molecule has 2 heterocycles. The number of nitrogens with zero attached hydrogens (tertiary/aromatic N) is 3. The van der Waals surface area contributed by atoms with Crippen LogP contribution in [0.5, 0.6) is 0 Å². The van der Waals surface area contributed by atoms with E-state index < -0.39 is 0 Å². The SMILES string of the molecule is Nc1ccc(NN=C(c2ccccn2)c2ccccn2)cc1. The smallest absolute Gasteiger partial charge is 0.135 e. The second kappa shape index (κ2) is 6.49. The molecule has 0 unspecified atom stereocenters. The van der Waals surface area contributed by atoms with Crippen molar-refractivity contribution in [2.75, 3.05) is 11.2 Å². The molecule has 3 aromatic rings. The van der Waals surface area contributed by atoms with Gasteiger partial charge >= 0.3 is 0 Å². The molecule has 0 radical (unpaired) electrons. The van der Waals surface area contributed by atoms with Crippen LogP contribution in [0.15, 0.2) is 78.2 Å². The van der Waals surface area contributed by atoms with Gasteiger partial charge in [-0.2, -0.15) is 5.10 Å². The maximum absolute atomic E-state index is 5.68. The number of hydrazone groups is 1. The van der Waals surface area contributed by atoms with Crippen LogP contribution in [0.4, 0.5) is 11.4 Å². The summed E-state index contributed by atoms with van der Waals surface area (Å²) >= 11 is 0. The number of anilines is 2. The number of rotatable bonds is 4. The lowest BCUT2D eigenvalue weighted by Gasteiger charge is -2.07. The van der Waals surface area contributed by atoms with E-state index in [2.05, 4.69) is 20.5 Å². The lowest BCUT2D eigenvalue weighted by molar-refractivity contribution is 1.21. The van der Waals surface area contributed by atoms with Crippen LogP contribution in [0.1, 0.15) is 11.4 Å². The van der Waals surface area contributed by atoms with Gasteiger partial charge in [-0.1, -0.05) is 12.1 Å². The summed E-state index contributed by atoms with van der Waals surface area (Å²) in [5, 5.41) is 4.46. The lowest BCUT2D eigenvalue weighted by Crippen LogP contribution is -2.10. The minimum absolute atomic E-state index is 0.679. The third-order valence-corrected chi connectivity index (χ3v) is 3.02. The van der Waals surface area contributed by atoms with Crippen molar-refractivity contribution >= 4 is 17.1 Å². The van der Waals surface area contributed by atoms with E-state index in [1.165, 1.54) is 0 Å². The van der Waals surface area contributed by atoms with E-state index in [0.717, 1.165) is 17.1 Å². The van der Waals surface area contributed by atoms with Crippen molar-refractivity contribution in [3.8, 4) is 0 Å². The predicted octanol–water partition coefficient (Wildman–Crippen LogP) is 2.92. The van der Waals surface area contributed by atoms with Gasteiger partial charge in [-0.15, -0.1) is 0 Å². The molecular weight excluding hydrogens is 274 g/mol. The van der Waals surface area contributed by atoms with Gasteiger partial charge in [-0.05, 0) is 48.5 Å². The molecule has 0 spiro atoms. The molecule has 0 bridgehead atoms. The van der Waals surface area contributed by atoms with Crippen molar-refractivity contribution in [3.63, 3.8) is 0 Å². The van der Waals surface area contributed by atoms with Crippen molar-refractivity contribution in [1.29, 1.82) is 0 Å². The fraction of sp³-hybridized carbons (Fsp3) is 0. The molecule has 3 rings (SSSR count). The number of hydrogen-bond acceptors (Lipinski definition) is 5. The highest BCUT2D eigenvalue weighted by atomic mass is 15.3. The molecule has 3 N–H and O–H groups in total. The maximum Gasteiger partial charge on any atom is 0.135 e. The summed E-state index contributed by atoms with van der Waals surface area (Å²) < 4.78 is 0. The summed E-state index contributed by atoms with van der Waals surface area (Å²) in [4.78, 5) is 8.70. The Labute approximate surface area is 128 Å². The molecule has 0 saturated heterocycles. The Kier molecular flexibility index (Phi) is 4.06. The molecule has 108 valence electrons. The number of nitrogen functional groups attached to an aromatic ring is 1. The van der Waals surface area contributed by atoms with Crippen LogP contribution in [-0.4, -0.2) is 15.7 Å². The number of aromatic nitrogens is 2. The van der Waals surface area contributed by atoms with Gasteiger partial charge in [0.2, 0.25) is 0 Å². The molecule has 5 heteroatoms. The van der Waals surface area contributed by atoms with Crippen molar-refractivity contribution in [2.45, 2.75) is 0 Å². The van der Waals surface area contributed by atoms with Gasteiger partial charge in [-0.3, -0.25) is 15.4 Å². The van der Waals surface area contributed by atoms with Gasteiger partial charge in [0.1, 0.15) is 5.71 Å². The normalized spacial score (nSPS) is 10.0. The largest absolute Gasteiger partial charge is 0.399 e. The van der Waals surface area contributed by atoms with Crippen LogP contribution in [0, 0.1) is 0 Å². The molecule has 0 amide bonds. The van der Waals surface area contributed by atoms with Gasteiger partial charge in [0, 0.05) is 18.1 Å². The van der Waals surface area contributed by atoms with Crippen LogP contribution in [0.2, 0.25) is 0 Å². The van der Waals surface area contributed by atoms with Crippen molar-refractivity contribution in [2.24, 2.45) is 5.10 Å². The standard InChI is InChI=1S/C17H15N5/c18-13-7-9-14(10-8-13)21-22-17(15-5-1-3-11-19-15)16-6-2-4-12-20-16/h1-12,21H,18H2. The molecule has 0 aliphatic rings. The Morgan fingerprint density at radius 1 is 0.818 bits per heavy atom. The zero-order valence-corrected chi connectivity index (χ0v) is 11.8. The van der Waals surface area contributed by atoms with Crippen LogP contribution in [0.3, 0.4) is 0 Å². The van der Waals surface area contributed by atoms with Crippen LogP contribution < -0.4 is 11.2 Å². The highest BCUT2D eigenvalue weighted by molar-refractivity contribution is 6.10. The molecule has 22 heavy (non-hydrogen) atoms. The van der Waals surface area contributed by atoms with E-state index >= 15 is 0 Å². The zero-order chi connectivity index (χ0) is 15.2. The summed E-state index contributed by atoms with van der Waals surface area (Å²) in [5.74, 6) is 0. The molecule has 0 saturated carbocycles. The van der Waals surface area contributed by atoms with E-state index in [9.17, 15) is 0 Å². The Bertz CT molecular complexity index is 711. The first-order chi connectivity index (χ1) is 10.8. The van der Waals surface area contributed by atoms with Crippen molar-refractivity contribution in [1.82, 2.24) is 9.97 Å². The number of nitrogens with one attached hydrogen (secondary N) is 1. The van der Waals surface area contributed by atoms with Gasteiger partial charge in [0.25, 0.3) is 0 Å². The fourth-order valence-corrected chi connectivity index (χ4v) is 1.93. The first-order valence-electron chi connectivity index (χ1n) is 6.85. The van der Waals surface area contributed by atoms with Gasteiger partial charge in [0.15, 0.2) is 0 Å². The Balaban J connectivity index is 1.95. The number of pyridine rings is 2. The van der Waals surface area contributed by atoms with E-state index in [4.69, 9.17) is 5.73 Å². The molecule has 0 atom stereocenters. The van der Waals surface area contributed by atoms with Crippen LogP contribution in [-0.2, 0) is 0 Å². The third-order valence-electron chi connectivity index (χ3n) is 3.02. The monoisotopic (exact) mass is 289 g/mol. The Hall–Kier alpha value is -3.21. The second-order valence-electron chi connectivity index (χ2n) is 4.62. The minimum atomic E-state index is 0.679. The third kappa shape index (κ3) is 3.27. The van der Waals surface area contributed by atoms with Gasteiger partial charge in [-0.25, -0.2) is 0 Å². The fourth-order valence-electron chi connectivity index (χ4n) is 1.93. The topological polar surface area (TPSA) is 76.2 Å². The van der Waals surface area contributed by atoms with Crippen LogP contribution >= 0.6 is 0 Å². The first kappa shape index (κ1) is 13.8. The molecule has 0 fully saturated rings. The average Bonchev–Trinajstić information content (AvgIpc) is 2.59. The highest BCUT2D eigenvalue weighted by Crippen LogP contribution is 2.12. The Morgan fingerprint density at radius 2 is 1.41 bits per heavy atom. The van der Waals surface area contributed by atoms with Gasteiger partial charge in [0.05, 0.1) is 17.1 Å². The highest BCUT2D eigenvalue weighted by Gasteiger charge is 2.09. The summed E-state index contributed by atoms with van der Waals surface area (Å²) in [5.41, 5.74) is 12.4. The van der Waals surface area contributed by atoms with Crippen LogP contribution in [0.25, 0.3) is 0 Å². The van der Waals surface area contributed by atoms with E-state index in [0.29, 0.717) is 11.4 Å². The second-order valence-corrected chi connectivity index (χ2v) is 4.62. The van der Waals surface area contributed by atoms with Gasteiger partial charge < -0.3 is 5.73 Å². The van der Waals surface area contributed by atoms with Crippen molar-refractivity contribution < 1.29 is 0 Å². The molecular formula is C17H15N5. The molecule has 5 nitrogen and oxygen atoms in total. The summed E-state index contributed by atoms with van der Waals surface area (Å²) in [7, 11) is 0. The maximum atomic E-state index is 5.68. The number of nitrogens with two attached hydrogens (primary N) is 1. The summed E-state index contributed by atoms with van der Waals surface area (Å²) in [6.07, 6.45) is 3.47. The number of hydrogen-bond donors (Lipinski definition) is 2. The van der Waals surface area contributed by atoms with E-state index in [1.807, 2.05) is 60.7 Å². The first-order valence-corrected chi connectivity index (χ1v) is 6.85. The molecule has 0 aliphatic heterocycles. The van der Waals surface area contributed by atoms with E-state index in [-0.39, 0.29) is 0 Å². The Morgan fingerprint density at radius 3 is 1.91 bits per heavy atom. The van der Waals surface area contributed by atoms with Crippen molar-refractivity contribution in [3.05, 3.63) is 84.4 Å². The van der Waals surface area contributed by atoms with E-state index in [1.54, 1.807) is 12.4 Å². The molecule has 1 aromatic carbocycles.